The van der Waals surface area contributed by atoms with E-state index in [1.54, 1.807) is 0 Å². The Bertz CT molecular complexity index is 599. The van der Waals surface area contributed by atoms with E-state index in [2.05, 4.69) is 6.92 Å². The molecule has 0 bridgehead atoms. The smallest absolute Gasteiger partial charge is 0.0946 e. The van der Waals surface area contributed by atoms with Gasteiger partial charge in [0.15, 0.2) is 0 Å². The lowest BCUT2D eigenvalue weighted by Crippen LogP contribution is -2.36. The fraction of sp³-hybridized carbons (Fsp3) is 0.333. The number of nitrogens with two attached hydrogens (primary N) is 1. The molecule has 0 spiro atoms. The van der Waals surface area contributed by atoms with Gasteiger partial charge >= 0.3 is 0 Å². The Kier molecular flexibility index (Phi) is 5.40. The molecular weight excluding hydrogens is 282 g/mol. The Morgan fingerprint density at radius 2 is 1.71 bits per heavy atom. The molecule has 0 saturated heterocycles. The molecule has 0 aliphatic carbocycles. The summed E-state index contributed by atoms with van der Waals surface area (Å²) >= 11 is 6.19. The molecule has 0 aliphatic rings. The number of hydrogen-bond donors (Lipinski definition) is 2. The first-order chi connectivity index (χ1) is 10.0. The maximum absolute atomic E-state index is 10.5. The number of benzene rings is 2. The maximum atomic E-state index is 10.5. The van der Waals surface area contributed by atoms with Gasteiger partial charge in [0.05, 0.1) is 6.10 Å². The van der Waals surface area contributed by atoms with E-state index in [9.17, 15) is 5.11 Å². The standard InChI is InChI=1S/C18H22ClNO/c1-12-7-3-5-9-15(12)18(21)17(20)13(2)11-14-8-4-6-10-16(14)19/h3-10,13,17-18,21H,11,20H2,1-2H3. The highest BCUT2D eigenvalue weighted by Crippen LogP contribution is 2.26. The van der Waals surface area contributed by atoms with Crippen LogP contribution < -0.4 is 5.73 Å². The van der Waals surface area contributed by atoms with Gasteiger partial charge in [-0.1, -0.05) is 61.0 Å². The zero-order chi connectivity index (χ0) is 15.4. The Labute approximate surface area is 131 Å². The molecule has 2 aromatic rings. The lowest BCUT2D eigenvalue weighted by Gasteiger charge is -2.26. The van der Waals surface area contributed by atoms with E-state index in [0.717, 1.165) is 28.1 Å². The minimum atomic E-state index is -0.663. The van der Waals surface area contributed by atoms with E-state index in [0.29, 0.717) is 0 Å². The van der Waals surface area contributed by atoms with E-state index in [-0.39, 0.29) is 12.0 Å². The van der Waals surface area contributed by atoms with Gasteiger partial charge in [0.1, 0.15) is 0 Å². The molecule has 3 N–H and O–H groups in total. The van der Waals surface area contributed by atoms with Crippen molar-refractivity contribution >= 4 is 11.6 Å². The van der Waals surface area contributed by atoms with Crippen molar-refractivity contribution in [1.82, 2.24) is 0 Å². The van der Waals surface area contributed by atoms with E-state index in [4.69, 9.17) is 17.3 Å². The van der Waals surface area contributed by atoms with Crippen LogP contribution in [-0.2, 0) is 6.42 Å². The molecule has 2 aromatic carbocycles. The van der Waals surface area contributed by atoms with Gasteiger partial charge in [-0.05, 0) is 42.0 Å². The molecule has 3 unspecified atom stereocenters. The molecule has 0 heterocycles. The van der Waals surface area contributed by atoms with Crippen LogP contribution in [0.5, 0.6) is 0 Å². The largest absolute Gasteiger partial charge is 0.387 e. The van der Waals surface area contributed by atoms with Crippen molar-refractivity contribution in [3.05, 3.63) is 70.2 Å². The van der Waals surface area contributed by atoms with Gasteiger partial charge in [0.25, 0.3) is 0 Å². The lowest BCUT2D eigenvalue weighted by atomic mass is 9.87. The summed E-state index contributed by atoms with van der Waals surface area (Å²) < 4.78 is 0. The van der Waals surface area contributed by atoms with Gasteiger partial charge in [0.2, 0.25) is 0 Å². The van der Waals surface area contributed by atoms with Crippen molar-refractivity contribution in [2.75, 3.05) is 0 Å². The van der Waals surface area contributed by atoms with Crippen molar-refractivity contribution in [2.24, 2.45) is 11.7 Å². The van der Waals surface area contributed by atoms with E-state index < -0.39 is 6.10 Å². The third kappa shape index (κ3) is 3.85. The number of halogens is 1. The first-order valence-corrected chi connectivity index (χ1v) is 7.61. The Morgan fingerprint density at radius 3 is 2.38 bits per heavy atom. The van der Waals surface area contributed by atoms with Crippen LogP contribution in [0.15, 0.2) is 48.5 Å². The number of rotatable bonds is 5. The van der Waals surface area contributed by atoms with Crippen LogP contribution in [0.2, 0.25) is 5.02 Å². The van der Waals surface area contributed by atoms with Gasteiger partial charge in [-0.25, -0.2) is 0 Å². The molecule has 0 aliphatic heterocycles. The number of aryl methyl sites for hydroxylation is 1. The summed E-state index contributed by atoms with van der Waals surface area (Å²) in [5, 5.41) is 11.3. The van der Waals surface area contributed by atoms with Crippen LogP contribution >= 0.6 is 11.6 Å². The second-order valence-electron chi connectivity index (χ2n) is 5.65. The van der Waals surface area contributed by atoms with E-state index in [1.807, 2.05) is 55.5 Å². The van der Waals surface area contributed by atoms with Gasteiger partial charge in [-0.3, -0.25) is 0 Å². The van der Waals surface area contributed by atoms with Gasteiger partial charge < -0.3 is 10.8 Å². The molecule has 2 nitrogen and oxygen atoms in total. The predicted molar refractivity (Wildman–Crippen MR) is 88.4 cm³/mol. The molecule has 0 fully saturated rings. The van der Waals surface area contributed by atoms with Gasteiger partial charge in [-0.15, -0.1) is 0 Å². The van der Waals surface area contributed by atoms with Crippen LogP contribution in [0.25, 0.3) is 0 Å². The molecule has 0 saturated carbocycles. The average molecular weight is 304 g/mol. The Morgan fingerprint density at radius 1 is 1.10 bits per heavy atom. The molecular formula is C18H22ClNO. The third-order valence-electron chi connectivity index (χ3n) is 4.03. The van der Waals surface area contributed by atoms with Crippen molar-refractivity contribution in [1.29, 1.82) is 0 Å². The highest BCUT2D eigenvalue weighted by Gasteiger charge is 2.24. The predicted octanol–water partition coefficient (Wildman–Crippen LogP) is 3.89. The Hall–Kier alpha value is -1.35. The van der Waals surface area contributed by atoms with Crippen molar-refractivity contribution < 1.29 is 5.11 Å². The molecule has 2 rings (SSSR count). The average Bonchev–Trinajstić information content (AvgIpc) is 2.48. The first-order valence-electron chi connectivity index (χ1n) is 7.23. The topological polar surface area (TPSA) is 46.2 Å². The summed E-state index contributed by atoms with van der Waals surface area (Å²) in [5.74, 6) is 0.125. The van der Waals surface area contributed by atoms with Crippen LogP contribution in [-0.4, -0.2) is 11.1 Å². The third-order valence-corrected chi connectivity index (χ3v) is 4.40. The van der Waals surface area contributed by atoms with E-state index >= 15 is 0 Å². The molecule has 0 aromatic heterocycles. The molecule has 21 heavy (non-hydrogen) atoms. The van der Waals surface area contributed by atoms with Crippen LogP contribution in [0.4, 0.5) is 0 Å². The zero-order valence-corrected chi connectivity index (χ0v) is 13.2. The summed E-state index contributed by atoms with van der Waals surface area (Å²) in [6, 6.07) is 15.3. The minimum Gasteiger partial charge on any atom is -0.387 e. The fourth-order valence-corrected chi connectivity index (χ4v) is 2.80. The summed E-state index contributed by atoms with van der Waals surface area (Å²) in [6.45, 7) is 4.04. The SMILES string of the molecule is Cc1ccccc1C(O)C(N)C(C)Cc1ccccc1Cl. The molecule has 3 heteroatoms. The number of aliphatic hydroxyl groups excluding tert-OH is 1. The zero-order valence-electron chi connectivity index (χ0n) is 12.5. The number of hydrogen-bond acceptors (Lipinski definition) is 2. The highest BCUT2D eigenvalue weighted by molar-refractivity contribution is 6.31. The van der Waals surface area contributed by atoms with Gasteiger partial charge in [-0.2, -0.15) is 0 Å². The summed E-state index contributed by atoms with van der Waals surface area (Å²) in [5.41, 5.74) is 9.29. The van der Waals surface area contributed by atoms with Crippen molar-refractivity contribution in [3.63, 3.8) is 0 Å². The van der Waals surface area contributed by atoms with E-state index in [1.165, 1.54) is 0 Å². The maximum Gasteiger partial charge on any atom is 0.0946 e. The molecule has 3 atom stereocenters. The normalized spacial score (nSPS) is 15.5. The quantitative estimate of drug-likeness (QED) is 0.880. The summed E-state index contributed by atoms with van der Waals surface area (Å²) in [7, 11) is 0. The first kappa shape index (κ1) is 16.0. The van der Waals surface area contributed by atoms with Crippen molar-refractivity contribution in [3.8, 4) is 0 Å². The highest BCUT2D eigenvalue weighted by atomic mass is 35.5. The van der Waals surface area contributed by atoms with Crippen LogP contribution in [0.1, 0.15) is 29.7 Å². The molecule has 0 amide bonds. The summed E-state index contributed by atoms with van der Waals surface area (Å²) in [4.78, 5) is 0. The Balaban J connectivity index is 2.10. The van der Waals surface area contributed by atoms with Gasteiger partial charge in [0, 0.05) is 11.1 Å². The second-order valence-corrected chi connectivity index (χ2v) is 6.06. The second kappa shape index (κ2) is 7.08. The molecule has 112 valence electrons. The number of aliphatic hydroxyl groups is 1. The lowest BCUT2D eigenvalue weighted by molar-refractivity contribution is 0.121. The monoisotopic (exact) mass is 303 g/mol. The fourth-order valence-electron chi connectivity index (χ4n) is 2.58. The molecule has 0 radical (unpaired) electrons. The minimum absolute atomic E-state index is 0.125. The van der Waals surface area contributed by atoms with Crippen LogP contribution in [0, 0.1) is 12.8 Å². The summed E-state index contributed by atoms with van der Waals surface area (Å²) in [6.07, 6.45) is 0.0905. The van der Waals surface area contributed by atoms with Crippen molar-refractivity contribution in [2.45, 2.75) is 32.4 Å². The van der Waals surface area contributed by atoms with Crippen LogP contribution in [0.3, 0.4) is 0 Å².